The third kappa shape index (κ3) is 11.0. The quantitative estimate of drug-likeness (QED) is 0.400. The highest BCUT2D eigenvalue weighted by molar-refractivity contribution is 5.95. The number of fused-ring (bicyclic) bond motifs is 3. The van der Waals surface area contributed by atoms with Crippen molar-refractivity contribution in [1.82, 2.24) is 15.2 Å². The molecule has 3 heterocycles. The summed E-state index contributed by atoms with van der Waals surface area (Å²) in [7, 11) is 0. The first-order valence-corrected chi connectivity index (χ1v) is 16.4. The second-order valence-electron chi connectivity index (χ2n) is 12.5. The van der Waals surface area contributed by atoms with Crippen LogP contribution in [-0.4, -0.2) is 82.6 Å². The largest absolute Gasteiger partial charge is 0.460 e. The van der Waals surface area contributed by atoms with Crippen LogP contribution in [0.2, 0.25) is 0 Å². The lowest BCUT2D eigenvalue weighted by Gasteiger charge is -2.30. The number of hydrogen-bond acceptors (Lipinski definition) is 10. The lowest BCUT2D eigenvalue weighted by molar-refractivity contribution is -0.159. The number of esters is 1. The zero-order chi connectivity index (χ0) is 35.5. The first kappa shape index (κ1) is 36.8. The Labute approximate surface area is 285 Å². The normalized spacial score (nSPS) is 24.3. The number of benzene rings is 1. The van der Waals surface area contributed by atoms with E-state index in [0.29, 0.717) is 24.1 Å². The van der Waals surface area contributed by atoms with Crippen LogP contribution in [0, 0.1) is 18.8 Å². The van der Waals surface area contributed by atoms with Gasteiger partial charge in [0.2, 0.25) is 11.8 Å². The van der Waals surface area contributed by atoms with Gasteiger partial charge in [0, 0.05) is 37.0 Å². The van der Waals surface area contributed by atoms with E-state index < -0.39 is 48.1 Å². The number of aliphatic hydroxyl groups is 1. The predicted octanol–water partition coefficient (Wildman–Crippen LogP) is 4.07. The van der Waals surface area contributed by atoms with Gasteiger partial charge in [-0.1, -0.05) is 61.4 Å². The highest BCUT2D eigenvalue weighted by Gasteiger charge is 2.39. The molecule has 5 atom stereocenters. The molecule has 1 aromatic heterocycles. The first-order chi connectivity index (χ1) is 23.4. The number of cyclic esters (lactones) is 1. The Morgan fingerprint density at radius 3 is 2.67 bits per heavy atom. The van der Waals surface area contributed by atoms with Gasteiger partial charge in [0.1, 0.15) is 24.2 Å². The highest BCUT2D eigenvalue weighted by atomic mass is 16.6. The molecule has 4 rings (SSSR count). The van der Waals surface area contributed by atoms with Crippen molar-refractivity contribution in [2.75, 3.05) is 25.0 Å². The number of hydrogen-bond donors (Lipinski definition) is 3. The summed E-state index contributed by atoms with van der Waals surface area (Å²) in [6.45, 7) is 7.62. The second-order valence-corrected chi connectivity index (χ2v) is 12.5. The lowest BCUT2D eigenvalue weighted by Crippen LogP contribution is -2.44. The fourth-order valence-electron chi connectivity index (χ4n) is 5.64. The Hall–Kier alpha value is -5.04. The van der Waals surface area contributed by atoms with E-state index in [1.54, 1.807) is 51.1 Å². The number of allylic oxidation sites excluding steroid dienone is 2. The van der Waals surface area contributed by atoms with Gasteiger partial charge in [-0.2, -0.15) is 0 Å². The summed E-state index contributed by atoms with van der Waals surface area (Å²) in [6, 6.07) is 6.31. The monoisotopic (exact) mass is 676 g/mol. The molecule has 3 N–H and O–H groups in total. The topological polar surface area (TPSA) is 177 Å². The summed E-state index contributed by atoms with van der Waals surface area (Å²) < 4.78 is 16.9. The summed E-state index contributed by atoms with van der Waals surface area (Å²) in [5.41, 5.74) is 2.24. The van der Waals surface area contributed by atoms with E-state index in [1.165, 1.54) is 17.1 Å². The van der Waals surface area contributed by atoms with E-state index in [2.05, 4.69) is 15.6 Å². The number of rotatable bonds is 4. The molecule has 13 heteroatoms. The number of ketones is 1. The average molecular weight is 677 g/mol. The lowest BCUT2D eigenvalue weighted by atomic mass is 9.93. The number of nitrogens with one attached hydrogen (secondary N) is 2. The van der Waals surface area contributed by atoms with Crippen LogP contribution in [0.15, 0.2) is 70.9 Å². The molecule has 1 aromatic carbocycles. The molecule has 2 aliphatic rings. The minimum Gasteiger partial charge on any atom is -0.460 e. The van der Waals surface area contributed by atoms with Crippen molar-refractivity contribution >= 4 is 35.3 Å². The number of Topliss-reactive ketones (excluding diaryl/α,β-unsaturated/α-hetero) is 1. The van der Waals surface area contributed by atoms with Gasteiger partial charge >= 0.3 is 12.1 Å². The number of nitrogens with zero attached hydrogens (tertiary/aromatic N) is 2. The highest BCUT2D eigenvalue weighted by Crippen LogP contribution is 2.26. The van der Waals surface area contributed by atoms with Crippen LogP contribution in [0.3, 0.4) is 0 Å². The maximum absolute atomic E-state index is 13.7. The minimum atomic E-state index is -1.05. The molecule has 2 bridgehead atoms. The van der Waals surface area contributed by atoms with E-state index in [1.807, 2.05) is 19.1 Å². The van der Waals surface area contributed by atoms with Crippen LogP contribution in [0.25, 0.3) is 0 Å². The second kappa shape index (κ2) is 17.4. The Balaban J connectivity index is 1.54. The predicted molar refractivity (Wildman–Crippen MR) is 179 cm³/mol. The Bertz CT molecular complexity index is 1590. The molecule has 2 aliphatic heterocycles. The summed E-state index contributed by atoms with van der Waals surface area (Å²) >= 11 is 0. The van der Waals surface area contributed by atoms with E-state index in [9.17, 15) is 29.1 Å². The fraction of sp³-hybridized carbons (Fsp3) is 0.444. The molecule has 262 valence electrons. The third-order valence-corrected chi connectivity index (χ3v) is 8.23. The minimum absolute atomic E-state index is 0.0227. The van der Waals surface area contributed by atoms with Crippen LogP contribution in [0.5, 0.6) is 0 Å². The Morgan fingerprint density at radius 1 is 1.16 bits per heavy atom. The van der Waals surface area contributed by atoms with Crippen LogP contribution in [0.1, 0.15) is 62.0 Å². The molecule has 49 heavy (non-hydrogen) atoms. The van der Waals surface area contributed by atoms with Gasteiger partial charge in [-0.15, -0.1) is 0 Å². The Morgan fingerprint density at radius 2 is 1.92 bits per heavy atom. The maximum atomic E-state index is 13.7. The number of oxazole rings is 1. The molecule has 0 unspecified atom stereocenters. The van der Waals surface area contributed by atoms with Crippen molar-refractivity contribution in [3.63, 3.8) is 0 Å². The maximum Gasteiger partial charge on any atom is 0.411 e. The molecule has 13 nitrogen and oxygen atoms in total. The molecular formula is C36H44N4O9. The fourth-order valence-corrected chi connectivity index (χ4v) is 5.64. The zero-order valence-corrected chi connectivity index (χ0v) is 28.2. The van der Waals surface area contributed by atoms with Crippen molar-refractivity contribution in [2.24, 2.45) is 11.8 Å². The number of amides is 3. The average Bonchev–Trinajstić information content (AvgIpc) is 3.74. The van der Waals surface area contributed by atoms with E-state index in [-0.39, 0.29) is 55.8 Å². The number of aliphatic hydroxyl groups excluding tert-OH is 1. The van der Waals surface area contributed by atoms with Gasteiger partial charge in [-0.3, -0.25) is 19.7 Å². The molecule has 0 spiro atoms. The summed E-state index contributed by atoms with van der Waals surface area (Å²) in [5.74, 6) is -2.88. The van der Waals surface area contributed by atoms with Crippen molar-refractivity contribution in [3.05, 3.63) is 83.6 Å². The molecule has 2 aromatic rings. The summed E-state index contributed by atoms with van der Waals surface area (Å²) in [4.78, 5) is 70.4. The number of anilines is 1. The van der Waals surface area contributed by atoms with E-state index >= 15 is 0 Å². The number of carbonyl (C=O) groups excluding carboxylic acids is 5. The van der Waals surface area contributed by atoms with Crippen LogP contribution < -0.4 is 10.6 Å². The zero-order valence-electron chi connectivity index (χ0n) is 28.2. The molecule has 1 saturated heterocycles. The number of carbonyl (C=O) groups is 5. The van der Waals surface area contributed by atoms with E-state index in [0.717, 1.165) is 11.8 Å². The molecular weight excluding hydrogens is 632 g/mol. The van der Waals surface area contributed by atoms with Gasteiger partial charge < -0.3 is 29.2 Å². The van der Waals surface area contributed by atoms with Gasteiger partial charge in [-0.25, -0.2) is 14.6 Å². The third-order valence-electron chi connectivity index (χ3n) is 8.23. The molecule has 0 aliphatic carbocycles. The molecule has 3 amide bonds. The van der Waals surface area contributed by atoms with Crippen LogP contribution in [0.4, 0.5) is 10.5 Å². The van der Waals surface area contributed by atoms with E-state index in [4.69, 9.17) is 13.9 Å². The molecule has 1 fully saturated rings. The van der Waals surface area contributed by atoms with Crippen LogP contribution >= 0.6 is 0 Å². The van der Waals surface area contributed by atoms with Crippen molar-refractivity contribution in [1.29, 1.82) is 0 Å². The summed E-state index contributed by atoms with van der Waals surface area (Å²) in [5, 5.41) is 15.8. The van der Waals surface area contributed by atoms with Crippen LogP contribution in [-0.2, 0) is 30.3 Å². The Kier molecular flexibility index (Phi) is 13.1. The van der Waals surface area contributed by atoms with Crippen molar-refractivity contribution in [2.45, 2.75) is 71.6 Å². The molecule has 0 saturated carbocycles. The molecule has 0 radical (unpaired) electrons. The first-order valence-electron chi connectivity index (χ1n) is 16.4. The standard InChI is InChI=1S/C36H44N4O9/c1-22-9-12-26(13-10-22)38-36(46)48-20-25(4)33-24(3)11-14-31(43)37-15-5-7-23(2)17-27(41)18-28(42)19-32-39-29(21-47-32)34(44)40-16-6-8-30(40)35(45)49-33/h5,7,9-14,17,21,24-25,27,30,33,41H,6,8,15-16,18-20H2,1-4H3,(H,37,43)(H,38,46)/b7-5?,14-11+,23-17?/t24-,25-,27-,30-,33+/m1/s1. The number of aryl methyl sites for hydroxylation is 1. The SMILES string of the molecule is CC1=C[C@@H](O)CC(=O)Cc2nc(co2)C(=O)N2CCC[C@@H]2C(=O)O[C@H]([C@H](C)COC(=O)Nc2ccc(C)cc2)[C@H](C)/C=C/C(=O)NCC=C1. The number of ether oxygens (including phenoxy) is 2. The van der Waals surface area contributed by atoms with Gasteiger partial charge in [0.15, 0.2) is 5.69 Å². The van der Waals surface area contributed by atoms with Crippen molar-refractivity contribution in [3.8, 4) is 0 Å². The smallest absolute Gasteiger partial charge is 0.411 e. The number of aromatic nitrogens is 1. The van der Waals surface area contributed by atoms with Crippen molar-refractivity contribution < 1.29 is 43.0 Å². The van der Waals surface area contributed by atoms with Gasteiger partial charge in [0.25, 0.3) is 5.91 Å². The van der Waals surface area contributed by atoms with Gasteiger partial charge in [-0.05, 0) is 44.9 Å². The summed E-state index contributed by atoms with van der Waals surface area (Å²) in [6.07, 6.45) is 7.00. The van der Waals surface area contributed by atoms with Gasteiger partial charge in [0.05, 0.1) is 19.1 Å².